The van der Waals surface area contributed by atoms with E-state index in [1.807, 2.05) is 24.3 Å². The van der Waals surface area contributed by atoms with Crippen molar-refractivity contribution in [3.05, 3.63) is 60.6 Å². The monoisotopic (exact) mass is 334 g/mol. The first-order chi connectivity index (χ1) is 12.3. The van der Waals surface area contributed by atoms with Crippen molar-refractivity contribution in [1.82, 2.24) is 9.97 Å². The summed E-state index contributed by atoms with van der Waals surface area (Å²) in [4.78, 5) is 23.3. The van der Waals surface area contributed by atoms with E-state index >= 15 is 0 Å². The van der Waals surface area contributed by atoms with Crippen LogP contribution >= 0.6 is 0 Å². The van der Waals surface area contributed by atoms with Gasteiger partial charge in [-0.15, -0.1) is 0 Å². The summed E-state index contributed by atoms with van der Waals surface area (Å²) in [5.41, 5.74) is 3.04. The van der Waals surface area contributed by atoms with Crippen LogP contribution in [0.25, 0.3) is 10.9 Å². The molecule has 1 amide bonds. The molecule has 1 aromatic carbocycles. The molecule has 1 N–H and O–H groups in total. The Morgan fingerprint density at radius 2 is 1.84 bits per heavy atom. The highest BCUT2D eigenvalue weighted by molar-refractivity contribution is 6.08. The molecule has 25 heavy (non-hydrogen) atoms. The molecule has 1 aliphatic heterocycles. The zero-order chi connectivity index (χ0) is 17.1. The van der Waals surface area contributed by atoms with Gasteiger partial charge in [0.25, 0.3) is 5.91 Å². The van der Waals surface area contributed by atoms with Crippen LogP contribution < -0.4 is 10.2 Å². The highest BCUT2D eigenvalue weighted by Crippen LogP contribution is 2.34. The number of pyridine rings is 2. The Balaban J connectivity index is 1.76. The minimum Gasteiger partial charge on any atom is -0.378 e. The summed E-state index contributed by atoms with van der Waals surface area (Å²) in [5.74, 6) is -0.224. The maximum absolute atomic E-state index is 12.6. The third-order valence-electron chi connectivity index (χ3n) is 4.23. The minimum atomic E-state index is -0.224. The van der Waals surface area contributed by atoms with E-state index in [-0.39, 0.29) is 5.91 Å². The van der Waals surface area contributed by atoms with Crippen LogP contribution in [0.3, 0.4) is 0 Å². The molecule has 3 heterocycles. The van der Waals surface area contributed by atoms with Crippen LogP contribution in [0, 0.1) is 0 Å². The Morgan fingerprint density at radius 1 is 1.00 bits per heavy atom. The van der Waals surface area contributed by atoms with E-state index in [0.29, 0.717) is 18.9 Å². The normalized spacial score (nSPS) is 14.5. The lowest BCUT2D eigenvalue weighted by molar-refractivity contribution is 0.102. The number of nitrogens with one attached hydrogen (secondary N) is 1. The number of aromatic nitrogens is 2. The second-order valence-electron chi connectivity index (χ2n) is 5.80. The van der Waals surface area contributed by atoms with Crippen LogP contribution in [-0.4, -0.2) is 42.2 Å². The molecule has 126 valence electrons. The molecule has 0 radical (unpaired) electrons. The van der Waals surface area contributed by atoms with Crippen LogP contribution in [-0.2, 0) is 4.74 Å². The minimum absolute atomic E-state index is 0.224. The Kier molecular flexibility index (Phi) is 4.26. The predicted molar refractivity (Wildman–Crippen MR) is 97.0 cm³/mol. The van der Waals surface area contributed by atoms with Gasteiger partial charge in [-0.1, -0.05) is 6.07 Å². The van der Waals surface area contributed by atoms with E-state index in [2.05, 4.69) is 20.2 Å². The van der Waals surface area contributed by atoms with Crippen LogP contribution in [0.5, 0.6) is 0 Å². The van der Waals surface area contributed by atoms with Crippen molar-refractivity contribution in [2.45, 2.75) is 0 Å². The second-order valence-corrected chi connectivity index (χ2v) is 5.80. The molecule has 0 unspecified atom stereocenters. The number of morpholine rings is 1. The molecule has 0 atom stereocenters. The van der Waals surface area contributed by atoms with Crippen molar-refractivity contribution in [2.24, 2.45) is 0 Å². The fourth-order valence-corrected chi connectivity index (χ4v) is 3.05. The zero-order valence-corrected chi connectivity index (χ0v) is 13.7. The van der Waals surface area contributed by atoms with Gasteiger partial charge in [-0.2, -0.15) is 0 Å². The fourth-order valence-electron chi connectivity index (χ4n) is 3.05. The maximum Gasteiger partial charge on any atom is 0.274 e. The number of ether oxygens (including phenoxy) is 1. The van der Waals surface area contributed by atoms with Gasteiger partial charge >= 0.3 is 0 Å². The highest BCUT2D eigenvalue weighted by atomic mass is 16.5. The molecular weight excluding hydrogens is 316 g/mol. The average molecular weight is 334 g/mol. The predicted octanol–water partition coefficient (Wildman–Crippen LogP) is 2.72. The van der Waals surface area contributed by atoms with Gasteiger partial charge in [-0.25, -0.2) is 0 Å². The van der Waals surface area contributed by atoms with Gasteiger partial charge < -0.3 is 15.0 Å². The third kappa shape index (κ3) is 3.16. The molecule has 2 aromatic heterocycles. The lowest BCUT2D eigenvalue weighted by Gasteiger charge is -2.31. The molecule has 1 aliphatic rings. The SMILES string of the molecule is O=C(Nc1ccc2ncccc2c1N1CCOCC1)c1ccccn1. The quantitative estimate of drug-likeness (QED) is 0.798. The lowest BCUT2D eigenvalue weighted by atomic mass is 10.1. The standard InChI is InChI=1S/C19H18N4O2/c24-19(17-5-1-2-8-21-17)22-16-7-6-15-14(4-3-9-20-15)18(16)23-10-12-25-13-11-23/h1-9H,10-13H2,(H,22,24). The number of anilines is 2. The molecule has 0 bridgehead atoms. The smallest absolute Gasteiger partial charge is 0.274 e. The number of amides is 1. The first kappa shape index (κ1) is 15.5. The molecule has 0 saturated carbocycles. The number of carbonyl (C=O) groups is 1. The molecule has 3 aromatic rings. The summed E-state index contributed by atoms with van der Waals surface area (Å²) < 4.78 is 5.47. The van der Waals surface area contributed by atoms with Crippen molar-refractivity contribution < 1.29 is 9.53 Å². The summed E-state index contributed by atoms with van der Waals surface area (Å²) in [5, 5.41) is 4.02. The van der Waals surface area contributed by atoms with Crippen molar-refractivity contribution in [3.8, 4) is 0 Å². The van der Waals surface area contributed by atoms with E-state index in [0.717, 1.165) is 35.4 Å². The number of carbonyl (C=O) groups excluding carboxylic acids is 1. The van der Waals surface area contributed by atoms with Crippen molar-refractivity contribution in [3.63, 3.8) is 0 Å². The topological polar surface area (TPSA) is 67.4 Å². The van der Waals surface area contributed by atoms with Crippen LogP contribution in [0.4, 0.5) is 11.4 Å². The highest BCUT2D eigenvalue weighted by Gasteiger charge is 2.20. The summed E-state index contributed by atoms with van der Waals surface area (Å²) in [6.45, 7) is 2.90. The van der Waals surface area contributed by atoms with Crippen LogP contribution in [0.1, 0.15) is 10.5 Å². The van der Waals surface area contributed by atoms with E-state index in [4.69, 9.17) is 4.74 Å². The van der Waals surface area contributed by atoms with E-state index in [1.165, 1.54) is 0 Å². The third-order valence-corrected chi connectivity index (χ3v) is 4.23. The summed E-state index contributed by atoms with van der Waals surface area (Å²) in [6.07, 6.45) is 3.39. The van der Waals surface area contributed by atoms with Crippen LogP contribution in [0.2, 0.25) is 0 Å². The number of hydrogen-bond donors (Lipinski definition) is 1. The maximum atomic E-state index is 12.6. The summed E-state index contributed by atoms with van der Waals surface area (Å²) in [6, 6.07) is 13.1. The van der Waals surface area contributed by atoms with Gasteiger partial charge in [0.15, 0.2) is 0 Å². The molecule has 6 heteroatoms. The Bertz CT molecular complexity index is 892. The largest absolute Gasteiger partial charge is 0.378 e. The molecule has 4 rings (SSSR count). The van der Waals surface area contributed by atoms with E-state index < -0.39 is 0 Å². The van der Waals surface area contributed by atoms with Crippen molar-refractivity contribution >= 4 is 28.2 Å². The van der Waals surface area contributed by atoms with Crippen molar-refractivity contribution in [2.75, 3.05) is 36.5 Å². The van der Waals surface area contributed by atoms with E-state index in [9.17, 15) is 4.79 Å². The van der Waals surface area contributed by atoms with Gasteiger partial charge in [0.05, 0.1) is 30.1 Å². The molecule has 0 aliphatic carbocycles. The van der Waals surface area contributed by atoms with Gasteiger partial charge in [0.2, 0.25) is 0 Å². The molecular formula is C19H18N4O2. The number of rotatable bonds is 3. The second kappa shape index (κ2) is 6.86. The first-order valence-electron chi connectivity index (χ1n) is 8.26. The van der Waals surface area contributed by atoms with Gasteiger partial charge in [-0.05, 0) is 36.4 Å². The summed E-state index contributed by atoms with van der Waals surface area (Å²) in [7, 11) is 0. The average Bonchev–Trinajstić information content (AvgIpc) is 2.69. The Hall–Kier alpha value is -2.99. The number of fused-ring (bicyclic) bond motifs is 1. The Labute approximate surface area is 145 Å². The lowest BCUT2D eigenvalue weighted by Crippen LogP contribution is -2.37. The Morgan fingerprint density at radius 3 is 2.64 bits per heavy atom. The number of nitrogens with zero attached hydrogens (tertiary/aromatic N) is 3. The van der Waals surface area contributed by atoms with Crippen molar-refractivity contribution in [1.29, 1.82) is 0 Å². The van der Waals surface area contributed by atoms with Gasteiger partial charge in [0, 0.05) is 30.9 Å². The fraction of sp³-hybridized carbons (Fsp3) is 0.211. The number of hydrogen-bond acceptors (Lipinski definition) is 5. The van der Waals surface area contributed by atoms with Gasteiger partial charge in [-0.3, -0.25) is 14.8 Å². The summed E-state index contributed by atoms with van der Waals surface area (Å²) >= 11 is 0. The molecule has 6 nitrogen and oxygen atoms in total. The number of benzene rings is 1. The van der Waals surface area contributed by atoms with E-state index in [1.54, 1.807) is 30.6 Å². The first-order valence-corrected chi connectivity index (χ1v) is 8.26. The van der Waals surface area contributed by atoms with Gasteiger partial charge in [0.1, 0.15) is 5.69 Å². The molecule has 1 saturated heterocycles. The molecule has 0 spiro atoms. The van der Waals surface area contributed by atoms with Crippen LogP contribution in [0.15, 0.2) is 54.9 Å². The zero-order valence-electron chi connectivity index (χ0n) is 13.7. The molecule has 1 fully saturated rings.